The Morgan fingerprint density at radius 3 is 1.09 bits per heavy atom. The second kappa shape index (κ2) is 43.1. The van der Waals surface area contributed by atoms with Crippen LogP contribution in [0.25, 0.3) is 0 Å². The minimum Gasteiger partial charge on any atom is -0.462 e. The number of unbranched alkanes of at least 4 members (excludes halogenated alkanes) is 28. The van der Waals surface area contributed by atoms with Gasteiger partial charge in [0.1, 0.15) is 12.7 Å². The number of hydrogen-bond donors (Lipinski definition) is 5. The van der Waals surface area contributed by atoms with E-state index in [1.54, 1.807) is 0 Å². The molecule has 0 aromatic heterocycles. The van der Waals surface area contributed by atoms with Gasteiger partial charge in [-0.2, -0.15) is 0 Å². The van der Waals surface area contributed by atoms with Gasteiger partial charge in [0, 0.05) is 12.8 Å². The van der Waals surface area contributed by atoms with Crippen LogP contribution in [-0.2, 0) is 28.2 Å². The molecule has 0 fully saturated rings. The van der Waals surface area contributed by atoms with Crippen LogP contribution in [0.5, 0.6) is 0 Å². The molecule has 5 N–H and O–H groups in total. The van der Waals surface area contributed by atoms with Crippen molar-refractivity contribution in [1.82, 2.24) is 0 Å². The third kappa shape index (κ3) is 47.1. The van der Waals surface area contributed by atoms with Crippen molar-refractivity contribution in [3.05, 3.63) is 0 Å². The van der Waals surface area contributed by atoms with Crippen molar-refractivity contribution < 1.29 is 53.3 Å². The third-order valence-corrected chi connectivity index (χ3v) is 10.0. The highest BCUT2D eigenvalue weighted by Crippen LogP contribution is 2.35. The summed E-state index contributed by atoms with van der Waals surface area (Å²) < 4.78 is 24.4. The van der Waals surface area contributed by atoms with Gasteiger partial charge in [-0.1, -0.05) is 194 Å². The predicted molar refractivity (Wildman–Crippen MR) is 218 cm³/mol. The van der Waals surface area contributed by atoms with Crippen molar-refractivity contribution in [2.45, 2.75) is 232 Å². The Morgan fingerprint density at radius 2 is 0.796 bits per heavy atom. The van der Waals surface area contributed by atoms with Gasteiger partial charge in [-0.05, 0) is 12.8 Å². The fraction of sp³-hybridized carbons (Fsp3) is 0.952. The smallest absolute Gasteiger partial charge is 0.462 e. The van der Waals surface area contributed by atoms with E-state index >= 15 is 0 Å². The Bertz CT molecular complexity index is 839. The van der Waals surface area contributed by atoms with Crippen LogP contribution in [0.4, 0.5) is 0 Å². The van der Waals surface area contributed by atoms with Crippen molar-refractivity contribution in [2.75, 3.05) is 26.4 Å². The van der Waals surface area contributed by atoms with E-state index in [4.69, 9.17) is 29.5 Å². The summed E-state index contributed by atoms with van der Waals surface area (Å²) in [5.74, 6) is -0.575. The first-order valence-electron chi connectivity index (χ1n) is 22.0. The van der Waals surface area contributed by atoms with Gasteiger partial charge in [0.15, 0.2) is 6.10 Å². The first kappa shape index (κ1) is 55.0. The van der Waals surface area contributed by atoms with Crippen LogP contribution >= 0.6 is 7.82 Å². The molecule has 0 saturated heterocycles. The van der Waals surface area contributed by atoms with E-state index in [0.717, 1.165) is 32.1 Å². The maximum absolute atomic E-state index is 12.1. The van der Waals surface area contributed by atoms with Crippen LogP contribution < -0.4 is 0 Å². The van der Waals surface area contributed by atoms with Crippen molar-refractivity contribution >= 4 is 19.8 Å². The molecule has 12 heteroatoms. The number of phosphoric acid groups is 1. The van der Waals surface area contributed by atoms with Gasteiger partial charge in [-0.3, -0.25) is 14.1 Å². The molecular weight excluding hydrogens is 711 g/mol. The summed E-state index contributed by atoms with van der Waals surface area (Å²) in [5, 5.41) is 26.2. The average molecular weight is 797 g/mol. The molecule has 11 nitrogen and oxygen atoms in total. The highest BCUT2D eigenvalue weighted by molar-refractivity contribution is 7.46. The average Bonchev–Trinajstić information content (AvgIpc) is 3.15. The molecule has 0 amide bonds. The molecule has 0 aromatic carbocycles. The van der Waals surface area contributed by atoms with Crippen LogP contribution in [-0.4, -0.2) is 75.7 Å². The molecule has 2 atom stereocenters. The van der Waals surface area contributed by atoms with E-state index in [-0.39, 0.29) is 25.2 Å². The van der Waals surface area contributed by atoms with E-state index in [1.807, 2.05) is 0 Å². The SMILES string of the molecule is CCCCCCCCCCCCCCCCCC(=O)OC[C@H](CO)OC(=O)CCCCCCCCCCCCCCCCC.O=P(O)(O)OCC(O)CO. The molecule has 54 heavy (non-hydrogen) atoms. The van der Waals surface area contributed by atoms with Gasteiger partial charge in [0.25, 0.3) is 0 Å². The first-order valence-corrected chi connectivity index (χ1v) is 23.6. The van der Waals surface area contributed by atoms with Gasteiger partial charge in [-0.25, -0.2) is 4.57 Å². The number of ether oxygens (including phenoxy) is 2. The minimum absolute atomic E-state index is 0.0569. The molecule has 0 aliphatic rings. The van der Waals surface area contributed by atoms with Crippen LogP contribution in [0.15, 0.2) is 0 Å². The molecule has 0 rings (SSSR count). The molecule has 0 spiro atoms. The van der Waals surface area contributed by atoms with Crippen molar-refractivity contribution in [2.24, 2.45) is 0 Å². The molecule has 0 aliphatic heterocycles. The van der Waals surface area contributed by atoms with Gasteiger partial charge in [0.2, 0.25) is 0 Å². The van der Waals surface area contributed by atoms with Gasteiger partial charge < -0.3 is 34.6 Å². The molecule has 0 heterocycles. The lowest BCUT2D eigenvalue weighted by atomic mass is 10.0. The number of aliphatic hydroxyl groups is 3. The van der Waals surface area contributed by atoms with Gasteiger partial charge >= 0.3 is 19.8 Å². The number of rotatable bonds is 40. The highest BCUT2D eigenvalue weighted by atomic mass is 31.2. The number of esters is 2. The fourth-order valence-electron chi connectivity index (χ4n) is 6.14. The molecule has 0 aromatic rings. The predicted octanol–water partition coefficient (Wildman–Crippen LogP) is 10.4. The summed E-state index contributed by atoms with van der Waals surface area (Å²) in [6.07, 6.45) is 37.5. The van der Waals surface area contributed by atoms with Crippen molar-refractivity contribution in [1.29, 1.82) is 0 Å². The standard InChI is InChI=1S/C39H76O5.C3H9O6P/c1-3-5-7-9-11-13-15-17-19-21-23-25-27-29-31-33-38(41)43-36-37(35-40)44-39(42)34-32-30-28-26-24-22-20-18-16-14-12-10-8-6-4-2;4-1-3(5)2-9-10(6,7)8/h37,40H,3-36H2,1-2H3;3-5H,1-2H2,(H2,6,7,8)/t37-;/m0./s1. The van der Waals surface area contributed by atoms with Gasteiger partial charge in [0.05, 0.1) is 19.8 Å². The Morgan fingerprint density at radius 1 is 0.481 bits per heavy atom. The number of aliphatic hydroxyl groups excluding tert-OH is 3. The Labute approximate surface area is 330 Å². The monoisotopic (exact) mass is 797 g/mol. The summed E-state index contributed by atoms with van der Waals surface area (Å²) in [6.45, 7) is 3.01. The van der Waals surface area contributed by atoms with Crippen LogP contribution in [0.1, 0.15) is 219 Å². The number of carbonyl (C=O) groups is 2. The minimum atomic E-state index is -4.50. The zero-order valence-corrected chi connectivity index (χ0v) is 35.6. The second-order valence-electron chi connectivity index (χ2n) is 15.0. The van der Waals surface area contributed by atoms with Crippen molar-refractivity contribution in [3.63, 3.8) is 0 Å². The maximum Gasteiger partial charge on any atom is 0.469 e. The van der Waals surface area contributed by atoms with E-state index in [1.165, 1.54) is 161 Å². The van der Waals surface area contributed by atoms with Gasteiger partial charge in [-0.15, -0.1) is 0 Å². The molecule has 324 valence electrons. The van der Waals surface area contributed by atoms with Crippen molar-refractivity contribution in [3.8, 4) is 0 Å². The van der Waals surface area contributed by atoms with E-state index in [0.29, 0.717) is 12.8 Å². The largest absolute Gasteiger partial charge is 0.469 e. The molecular formula is C42H85O11P. The Balaban J connectivity index is 0. The first-order chi connectivity index (χ1) is 26.1. The molecule has 0 saturated carbocycles. The summed E-state index contributed by atoms with van der Waals surface area (Å²) >= 11 is 0. The van der Waals surface area contributed by atoms with Crippen LogP contribution in [0.2, 0.25) is 0 Å². The number of carbonyl (C=O) groups excluding carboxylic acids is 2. The fourth-order valence-corrected chi connectivity index (χ4v) is 6.51. The van der Waals surface area contributed by atoms with Crippen LogP contribution in [0.3, 0.4) is 0 Å². The summed E-state index contributed by atoms with van der Waals surface area (Å²) in [7, 11) is -4.50. The Hall–Kier alpha value is -1.07. The second-order valence-corrected chi connectivity index (χ2v) is 16.2. The lowest BCUT2D eigenvalue weighted by Gasteiger charge is -2.15. The Kier molecular flexibility index (Phi) is 43.9. The summed E-state index contributed by atoms with van der Waals surface area (Å²) in [6, 6.07) is 0. The zero-order valence-electron chi connectivity index (χ0n) is 34.7. The summed E-state index contributed by atoms with van der Waals surface area (Å²) in [4.78, 5) is 40.3. The quantitative estimate of drug-likeness (QED) is 0.0226. The lowest BCUT2D eigenvalue weighted by molar-refractivity contribution is -0.161. The van der Waals surface area contributed by atoms with E-state index in [2.05, 4.69) is 18.4 Å². The van der Waals surface area contributed by atoms with E-state index in [9.17, 15) is 19.3 Å². The number of hydrogen-bond acceptors (Lipinski definition) is 9. The molecule has 0 radical (unpaired) electrons. The third-order valence-electron chi connectivity index (χ3n) is 9.55. The number of phosphoric ester groups is 1. The molecule has 1 unspecified atom stereocenters. The molecule has 0 bridgehead atoms. The zero-order chi connectivity index (χ0) is 40.4. The normalized spacial score (nSPS) is 12.6. The summed E-state index contributed by atoms with van der Waals surface area (Å²) in [5.41, 5.74) is 0. The maximum atomic E-state index is 12.1. The molecule has 0 aliphatic carbocycles. The van der Waals surface area contributed by atoms with E-state index < -0.39 is 33.2 Å². The lowest BCUT2D eigenvalue weighted by Crippen LogP contribution is -2.28. The van der Waals surface area contributed by atoms with Crippen LogP contribution in [0, 0.1) is 0 Å². The highest BCUT2D eigenvalue weighted by Gasteiger charge is 2.17. The topological polar surface area (TPSA) is 180 Å².